The molecule has 0 aliphatic carbocycles. The van der Waals surface area contributed by atoms with Crippen molar-refractivity contribution in [2.45, 2.75) is 27.7 Å². The van der Waals surface area contributed by atoms with E-state index in [9.17, 15) is 0 Å². The van der Waals surface area contributed by atoms with E-state index in [1.807, 2.05) is 6.92 Å². The Kier molecular flexibility index (Phi) is 2.35. The van der Waals surface area contributed by atoms with Gasteiger partial charge in [0.1, 0.15) is 5.76 Å². The van der Waals surface area contributed by atoms with Crippen LogP contribution in [0.15, 0.2) is 22.9 Å². The second kappa shape index (κ2) is 3.54. The van der Waals surface area contributed by atoms with Crippen LogP contribution in [0.3, 0.4) is 0 Å². The molecule has 0 N–H and O–H groups in total. The lowest BCUT2D eigenvalue weighted by atomic mass is 9.96. The van der Waals surface area contributed by atoms with Gasteiger partial charge in [0.15, 0.2) is 0 Å². The molecule has 2 aromatic rings. The Morgan fingerprint density at radius 3 is 2.13 bits per heavy atom. The summed E-state index contributed by atoms with van der Waals surface area (Å²) in [4.78, 5) is 0. The Bertz CT molecular complexity index is 497. The monoisotopic (exact) mass is 201 g/mol. The van der Waals surface area contributed by atoms with Gasteiger partial charge in [0.2, 0.25) is 0 Å². The molecule has 1 heterocycles. The van der Waals surface area contributed by atoms with Crippen LogP contribution in [0.25, 0.3) is 11.1 Å². The Balaban J connectivity index is 2.64. The van der Waals surface area contributed by atoms with Gasteiger partial charge >= 0.3 is 0 Å². The van der Waals surface area contributed by atoms with Crippen LogP contribution in [0.1, 0.15) is 22.5 Å². The van der Waals surface area contributed by atoms with Gasteiger partial charge in [-0.1, -0.05) is 17.3 Å². The fraction of sp³-hybridized carbons (Fsp3) is 0.308. The van der Waals surface area contributed by atoms with E-state index >= 15 is 0 Å². The SMILES string of the molecule is Cc1cc(C)c(-c2cnoc2C)cc1C. The van der Waals surface area contributed by atoms with Crippen molar-refractivity contribution in [3.8, 4) is 11.1 Å². The molecule has 0 saturated carbocycles. The average Bonchev–Trinajstić information content (AvgIpc) is 2.58. The van der Waals surface area contributed by atoms with Gasteiger partial charge in [-0.05, 0) is 49.9 Å². The molecule has 0 radical (unpaired) electrons. The third-order valence-electron chi connectivity index (χ3n) is 2.88. The zero-order valence-electron chi connectivity index (χ0n) is 9.59. The van der Waals surface area contributed by atoms with Gasteiger partial charge in [-0.3, -0.25) is 0 Å². The fourth-order valence-electron chi connectivity index (χ4n) is 1.81. The molecule has 0 aliphatic rings. The van der Waals surface area contributed by atoms with Crippen molar-refractivity contribution in [2.75, 3.05) is 0 Å². The first-order valence-electron chi connectivity index (χ1n) is 5.09. The van der Waals surface area contributed by atoms with Crippen molar-refractivity contribution >= 4 is 0 Å². The molecule has 2 nitrogen and oxygen atoms in total. The predicted octanol–water partition coefficient (Wildman–Crippen LogP) is 3.58. The number of aryl methyl sites for hydroxylation is 4. The normalized spacial score (nSPS) is 10.7. The highest BCUT2D eigenvalue weighted by Crippen LogP contribution is 2.28. The van der Waals surface area contributed by atoms with Gasteiger partial charge in [-0.15, -0.1) is 0 Å². The second-order valence-corrected chi connectivity index (χ2v) is 4.05. The molecule has 2 rings (SSSR count). The molecule has 0 aliphatic heterocycles. The van der Waals surface area contributed by atoms with Crippen LogP contribution in [0.5, 0.6) is 0 Å². The third kappa shape index (κ3) is 1.67. The quantitative estimate of drug-likeness (QED) is 0.704. The van der Waals surface area contributed by atoms with Crippen molar-refractivity contribution in [1.82, 2.24) is 5.16 Å². The van der Waals surface area contributed by atoms with Gasteiger partial charge in [0.25, 0.3) is 0 Å². The first-order chi connectivity index (χ1) is 7.09. The maximum atomic E-state index is 5.09. The molecule has 0 unspecified atom stereocenters. The summed E-state index contributed by atoms with van der Waals surface area (Å²) in [6.45, 7) is 8.32. The minimum atomic E-state index is 0.876. The summed E-state index contributed by atoms with van der Waals surface area (Å²) in [6, 6.07) is 4.40. The molecule has 0 amide bonds. The van der Waals surface area contributed by atoms with Crippen molar-refractivity contribution in [3.63, 3.8) is 0 Å². The summed E-state index contributed by atoms with van der Waals surface area (Å²) >= 11 is 0. The highest BCUT2D eigenvalue weighted by atomic mass is 16.5. The smallest absolute Gasteiger partial charge is 0.141 e. The van der Waals surface area contributed by atoms with Crippen LogP contribution < -0.4 is 0 Å². The standard InChI is InChI=1S/C13H15NO/c1-8-5-10(3)12(6-9(8)2)13-7-14-15-11(13)4/h5-7H,1-4H3. The molecular formula is C13H15NO. The third-order valence-corrected chi connectivity index (χ3v) is 2.88. The average molecular weight is 201 g/mol. The Labute approximate surface area is 89.9 Å². The van der Waals surface area contributed by atoms with Gasteiger partial charge in [-0.25, -0.2) is 0 Å². The minimum Gasteiger partial charge on any atom is -0.361 e. The van der Waals surface area contributed by atoms with Crippen LogP contribution >= 0.6 is 0 Å². The van der Waals surface area contributed by atoms with Crippen molar-refractivity contribution in [2.24, 2.45) is 0 Å². The van der Waals surface area contributed by atoms with E-state index in [2.05, 4.69) is 38.1 Å². The number of rotatable bonds is 1. The first-order valence-corrected chi connectivity index (χ1v) is 5.09. The molecular weight excluding hydrogens is 186 g/mol. The molecule has 15 heavy (non-hydrogen) atoms. The maximum Gasteiger partial charge on any atom is 0.141 e. The van der Waals surface area contributed by atoms with Gasteiger partial charge < -0.3 is 4.52 Å². The molecule has 0 spiro atoms. The second-order valence-electron chi connectivity index (χ2n) is 4.05. The molecule has 78 valence electrons. The van der Waals surface area contributed by atoms with Crippen LogP contribution in [0.4, 0.5) is 0 Å². The summed E-state index contributed by atoms with van der Waals surface area (Å²) in [6.07, 6.45) is 1.78. The van der Waals surface area contributed by atoms with Crippen molar-refractivity contribution in [3.05, 3.63) is 40.8 Å². The van der Waals surface area contributed by atoms with Gasteiger partial charge in [0, 0.05) is 5.56 Å². The topological polar surface area (TPSA) is 26.0 Å². The molecule has 0 fully saturated rings. The zero-order chi connectivity index (χ0) is 11.0. The van der Waals surface area contributed by atoms with Crippen LogP contribution in [0.2, 0.25) is 0 Å². The summed E-state index contributed by atoms with van der Waals surface area (Å²) in [5, 5.41) is 3.82. The highest BCUT2D eigenvalue weighted by molar-refractivity contribution is 5.69. The zero-order valence-corrected chi connectivity index (χ0v) is 9.59. The number of hydrogen-bond donors (Lipinski definition) is 0. The van der Waals surface area contributed by atoms with Crippen LogP contribution in [0, 0.1) is 27.7 Å². The van der Waals surface area contributed by atoms with E-state index in [4.69, 9.17) is 4.52 Å². The molecule has 2 heteroatoms. The largest absolute Gasteiger partial charge is 0.361 e. The number of benzene rings is 1. The van der Waals surface area contributed by atoms with E-state index in [1.165, 1.54) is 22.3 Å². The number of hydrogen-bond acceptors (Lipinski definition) is 2. The highest BCUT2D eigenvalue weighted by Gasteiger charge is 2.09. The van der Waals surface area contributed by atoms with E-state index in [1.54, 1.807) is 6.20 Å². The summed E-state index contributed by atoms with van der Waals surface area (Å²) in [5.74, 6) is 0.876. The lowest BCUT2D eigenvalue weighted by Crippen LogP contribution is -1.88. The Hall–Kier alpha value is -1.57. The molecule has 0 atom stereocenters. The lowest BCUT2D eigenvalue weighted by Gasteiger charge is -2.08. The first kappa shape index (κ1) is 9.97. The lowest BCUT2D eigenvalue weighted by molar-refractivity contribution is 0.398. The van der Waals surface area contributed by atoms with Gasteiger partial charge in [-0.2, -0.15) is 0 Å². The van der Waals surface area contributed by atoms with E-state index in [-0.39, 0.29) is 0 Å². The van der Waals surface area contributed by atoms with Gasteiger partial charge in [0.05, 0.1) is 6.20 Å². The predicted molar refractivity (Wildman–Crippen MR) is 60.9 cm³/mol. The fourth-order valence-corrected chi connectivity index (χ4v) is 1.81. The Morgan fingerprint density at radius 1 is 0.867 bits per heavy atom. The van der Waals surface area contributed by atoms with Crippen LogP contribution in [-0.2, 0) is 0 Å². The summed E-state index contributed by atoms with van der Waals surface area (Å²) in [7, 11) is 0. The molecule has 0 saturated heterocycles. The molecule has 0 bridgehead atoms. The number of aromatic nitrogens is 1. The molecule has 1 aromatic carbocycles. The molecule has 1 aromatic heterocycles. The minimum absolute atomic E-state index is 0.876. The number of nitrogens with zero attached hydrogens (tertiary/aromatic N) is 1. The van der Waals surface area contributed by atoms with E-state index in [0.717, 1.165) is 11.3 Å². The van der Waals surface area contributed by atoms with E-state index < -0.39 is 0 Å². The maximum absolute atomic E-state index is 5.09. The summed E-state index contributed by atoms with van der Waals surface area (Å²) < 4.78 is 5.09. The van der Waals surface area contributed by atoms with E-state index in [0.29, 0.717) is 0 Å². The summed E-state index contributed by atoms with van der Waals surface area (Å²) in [5.41, 5.74) is 6.21. The van der Waals surface area contributed by atoms with Crippen LogP contribution in [-0.4, -0.2) is 5.16 Å². The van der Waals surface area contributed by atoms with Crippen molar-refractivity contribution < 1.29 is 4.52 Å². The Morgan fingerprint density at radius 2 is 1.53 bits per heavy atom. The van der Waals surface area contributed by atoms with Crippen molar-refractivity contribution in [1.29, 1.82) is 0 Å².